The second-order valence-electron chi connectivity index (χ2n) is 21.9. The first-order valence-corrected chi connectivity index (χ1v) is 59.4. The zero-order valence-electron chi connectivity index (χ0n) is 45.9. The summed E-state index contributed by atoms with van der Waals surface area (Å²) in [5, 5.41) is 0. The Kier molecular flexibility index (Phi) is 34.4. The van der Waals surface area contributed by atoms with Gasteiger partial charge in [-0.2, -0.15) is 0 Å². The summed E-state index contributed by atoms with van der Waals surface area (Å²) in [7, 11) is 0. The molecule has 0 aromatic heterocycles. The van der Waals surface area contributed by atoms with E-state index in [1.165, 1.54) is 154 Å². The quantitative estimate of drug-likeness (QED) is 0.0582. The molecule has 2 rings (SSSR count). The minimum atomic E-state index is -2.86. The molecule has 64 heavy (non-hydrogen) atoms. The van der Waals surface area contributed by atoms with Crippen molar-refractivity contribution in [3.8, 4) is 11.1 Å². The van der Waals surface area contributed by atoms with Crippen LogP contribution in [0.2, 0.25) is 53.2 Å². The van der Waals surface area contributed by atoms with E-state index in [1.54, 1.807) is 64.4 Å². The van der Waals surface area contributed by atoms with Crippen molar-refractivity contribution in [3.05, 3.63) is 36.4 Å². The van der Waals surface area contributed by atoms with Crippen LogP contribution in [0.3, 0.4) is 0 Å². The Labute approximate surface area is 420 Å². The van der Waals surface area contributed by atoms with Crippen LogP contribution in [0, 0.1) is 0 Å². The normalized spacial score (nSPS) is 12.8. The molecule has 0 aliphatic rings. The van der Waals surface area contributed by atoms with E-state index in [9.17, 15) is 0 Å². The summed E-state index contributed by atoms with van der Waals surface area (Å²) in [5.74, 6) is 0. The third kappa shape index (κ3) is 18.7. The number of benzene rings is 2. The van der Waals surface area contributed by atoms with Crippen molar-refractivity contribution in [1.82, 2.24) is 0 Å². The maximum atomic E-state index is 3.07. The van der Waals surface area contributed by atoms with Crippen LogP contribution in [0.4, 0.5) is 0 Å². The molecule has 0 N–H and O–H groups in total. The van der Waals surface area contributed by atoms with E-state index in [4.69, 9.17) is 0 Å². The zero-order chi connectivity index (χ0) is 47.2. The van der Waals surface area contributed by atoms with Gasteiger partial charge >= 0.3 is 426 Å². The molecule has 0 nitrogen and oxygen atoms in total. The fourth-order valence-electron chi connectivity index (χ4n) is 12.5. The number of unbranched alkanes of at least 4 members (excludes halogenated alkanes) is 12. The van der Waals surface area contributed by atoms with E-state index >= 15 is 0 Å². The summed E-state index contributed by atoms with van der Waals surface area (Å²) in [6, 6.07) is 17.7. The van der Waals surface area contributed by atoms with Gasteiger partial charge in [0.2, 0.25) is 0 Å². The van der Waals surface area contributed by atoms with E-state index in [1.807, 2.05) is 0 Å². The van der Waals surface area contributed by atoms with Crippen LogP contribution < -0.4 is 14.3 Å². The molecule has 0 heterocycles. The Morgan fingerprint density at radius 1 is 0.219 bits per heavy atom. The second-order valence-corrected chi connectivity index (χ2v) is 74.4. The van der Waals surface area contributed by atoms with Crippen LogP contribution in [-0.2, 0) is 0 Å². The van der Waals surface area contributed by atoms with Gasteiger partial charge in [0.1, 0.15) is 0 Å². The van der Waals surface area contributed by atoms with E-state index in [0.717, 1.165) is 0 Å². The third-order valence-electron chi connectivity index (χ3n) is 16.8. The maximum absolute atomic E-state index is 3.07. The molecule has 0 saturated heterocycles. The summed E-state index contributed by atoms with van der Waals surface area (Å²) in [6.45, 7) is 30.0. The van der Waals surface area contributed by atoms with Crippen molar-refractivity contribution in [1.29, 1.82) is 0 Å². The molecule has 4 heteroatoms. The monoisotopic (exact) mass is 1310 g/mol. The van der Waals surface area contributed by atoms with E-state index < -0.39 is 73.5 Å². The molecule has 0 atom stereocenters. The van der Waals surface area contributed by atoms with Gasteiger partial charge in [0.25, 0.3) is 0 Å². The summed E-state index contributed by atoms with van der Waals surface area (Å²) in [5.41, 5.74) is 3.33. The van der Waals surface area contributed by atoms with Crippen LogP contribution in [0.5, 0.6) is 0 Å². The molecule has 0 bridgehead atoms. The van der Waals surface area contributed by atoms with Gasteiger partial charge in [-0.1, -0.05) is 0 Å². The van der Waals surface area contributed by atoms with Gasteiger partial charge in [-0.15, -0.1) is 0 Å². The molecular formula is C60H114Sn4. The SMILES string of the molecule is CCC[CH2][Sn]([CH2]CCC)([CH2]CCC)[c]1ccc(-c2cc[c]([Sn]([CH2]CCC)([CH2]CCC)[CH2]CCC)[c]([Sn]([CH2]CCC)([CH2]CCC)[CH2]CCC)c2)c[c]1[Sn]([CH2]CCC)([CH2]CCC)[CH2]CCC. The van der Waals surface area contributed by atoms with Crippen molar-refractivity contribution < 1.29 is 0 Å². The van der Waals surface area contributed by atoms with Crippen molar-refractivity contribution in [2.45, 2.75) is 290 Å². The van der Waals surface area contributed by atoms with Crippen LogP contribution in [0.1, 0.15) is 237 Å². The summed E-state index contributed by atoms with van der Waals surface area (Å²) in [4.78, 5) is 0. The van der Waals surface area contributed by atoms with Gasteiger partial charge in [-0.3, -0.25) is 0 Å². The molecule has 0 spiro atoms. The molecule has 0 unspecified atom stereocenters. The molecule has 2 aromatic carbocycles. The second kappa shape index (κ2) is 35.7. The topological polar surface area (TPSA) is 0 Å². The van der Waals surface area contributed by atoms with Gasteiger partial charge in [-0.05, 0) is 0 Å². The Morgan fingerprint density at radius 3 is 0.531 bits per heavy atom. The standard InChI is InChI=1S/C12H6.12C4H9.4Sn/c1-3-7-11(8-4-1)12-9-5-2-6-10-12;12*1-3-4-2;;;;/h3,5,7-10H;12*1,3-4H2,2H3;;;;. The van der Waals surface area contributed by atoms with Crippen LogP contribution in [0.25, 0.3) is 11.1 Å². The first kappa shape index (κ1) is 61.8. The number of hydrogen-bond donors (Lipinski definition) is 0. The van der Waals surface area contributed by atoms with E-state index in [0.29, 0.717) is 0 Å². The van der Waals surface area contributed by atoms with Crippen molar-refractivity contribution in [3.63, 3.8) is 0 Å². The fraction of sp³-hybridized carbons (Fsp3) is 0.800. The van der Waals surface area contributed by atoms with Gasteiger partial charge in [-0.25, -0.2) is 0 Å². The summed E-state index contributed by atoms with van der Waals surface area (Å²) >= 11 is -11.3. The number of hydrogen-bond acceptors (Lipinski definition) is 0. The number of rotatable bonds is 41. The Morgan fingerprint density at radius 2 is 0.375 bits per heavy atom. The van der Waals surface area contributed by atoms with E-state index in [-0.39, 0.29) is 0 Å². The molecule has 0 amide bonds. The van der Waals surface area contributed by atoms with Gasteiger partial charge in [0.15, 0.2) is 0 Å². The summed E-state index contributed by atoms with van der Waals surface area (Å²) in [6.07, 6.45) is 34.1. The third-order valence-corrected chi connectivity index (χ3v) is 83.6. The molecular weight excluding hydrogens is 1200 g/mol. The molecule has 2 aromatic rings. The first-order chi connectivity index (χ1) is 31.1. The molecule has 0 aliphatic carbocycles. The van der Waals surface area contributed by atoms with Gasteiger partial charge < -0.3 is 0 Å². The first-order valence-electron chi connectivity index (χ1n) is 29.5. The Balaban J connectivity index is 3.39. The molecule has 0 aliphatic heterocycles. The van der Waals surface area contributed by atoms with E-state index in [2.05, 4.69) is 134 Å². The summed E-state index contributed by atoms with van der Waals surface area (Å²) < 4.78 is 27.8. The fourth-order valence-corrected chi connectivity index (χ4v) is 98.5. The van der Waals surface area contributed by atoms with Crippen molar-refractivity contribution in [2.75, 3.05) is 0 Å². The predicted octanol–water partition coefficient (Wildman–Crippen LogP) is 19.6. The molecule has 370 valence electrons. The molecule has 0 fully saturated rings. The average molecular weight is 1310 g/mol. The molecule has 0 radical (unpaired) electrons. The van der Waals surface area contributed by atoms with Gasteiger partial charge in [0, 0.05) is 0 Å². The van der Waals surface area contributed by atoms with Crippen molar-refractivity contribution in [2.24, 2.45) is 0 Å². The van der Waals surface area contributed by atoms with Crippen LogP contribution in [-0.4, -0.2) is 73.5 Å². The van der Waals surface area contributed by atoms with Crippen LogP contribution >= 0.6 is 0 Å². The van der Waals surface area contributed by atoms with Crippen LogP contribution in [0.15, 0.2) is 36.4 Å². The van der Waals surface area contributed by atoms with Gasteiger partial charge in [0.05, 0.1) is 0 Å². The van der Waals surface area contributed by atoms with Crippen molar-refractivity contribution >= 4 is 87.8 Å². The zero-order valence-corrected chi connectivity index (χ0v) is 57.3. The predicted molar refractivity (Wildman–Crippen MR) is 310 cm³/mol. The Bertz CT molecular complexity index is 1260. The molecule has 0 saturated carbocycles. The Hall–Kier alpha value is 1.63. The average Bonchev–Trinajstić information content (AvgIpc) is 3.33. The minimum absolute atomic E-state index is 1.37.